The molecule has 0 saturated heterocycles. The highest BCUT2D eigenvalue weighted by atomic mass is 35.5. The van der Waals surface area contributed by atoms with Crippen LogP contribution in [0.4, 0.5) is 10.1 Å². The Morgan fingerprint density at radius 3 is 2.57 bits per heavy atom. The van der Waals surface area contributed by atoms with E-state index >= 15 is 0 Å². The van der Waals surface area contributed by atoms with Gasteiger partial charge in [-0.3, -0.25) is 4.79 Å². The molecular weight excluding hydrogens is 332 g/mol. The summed E-state index contributed by atoms with van der Waals surface area (Å²) in [6, 6.07) is 11.4. The van der Waals surface area contributed by atoms with E-state index in [-0.39, 0.29) is 16.2 Å². The minimum atomic E-state index is -0.478. The van der Waals surface area contributed by atoms with E-state index in [4.69, 9.17) is 23.2 Å². The van der Waals surface area contributed by atoms with Gasteiger partial charge < -0.3 is 5.32 Å². The van der Waals surface area contributed by atoms with Crippen LogP contribution in [-0.2, 0) is 4.79 Å². The Balaban J connectivity index is 2.02. The minimum absolute atomic E-state index is 0.0405. The first kappa shape index (κ1) is 16.1. The highest BCUT2D eigenvalue weighted by Crippen LogP contribution is 2.28. The van der Waals surface area contributed by atoms with E-state index in [1.807, 2.05) is 0 Å². The maximum Gasteiger partial charge on any atom is 0.237 e. The first-order valence-corrected chi connectivity index (χ1v) is 7.78. The molecule has 110 valence electrons. The van der Waals surface area contributed by atoms with Gasteiger partial charge in [0.15, 0.2) is 0 Å². The van der Waals surface area contributed by atoms with Crippen LogP contribution in [0.5, 0.6) is 0 Å². The molecular formula is C15H12Cl2FNOS. The Labute approximate surface area is 136 Å². The number of para-hydroxylation sites is 1. The number of hydrogen-bond donors (Lipinski definition) is 1. The van der Waals surface area contributed by atoms with E-state index < -0.39 is 5.82 Å². The normalized spacial score (nSPS) is 12.0. The maximum absolute atomic E-state index is 13.1. The fraction of sp³-hybridized carbons (Fsp3) is 0.133. The lowest BCUT2D eigenvalue weighted by Crippen LogP contribution is -2.22. The summed E-state index contributed by atoms with van der Waals surface area (Å²) in [5.74, 6) is -0.664. The number of halogens is 3. The third-order valence-electron chi connectivity index (χ3n) is 2.70. The van der Waals surface area contributed by atoms with Crippen LogP contribution in [-0.4, -0.2) is 11.2 Å². The smallest absolute Gasteiger partial charge is 0.237 e. The molecule has 1 amide bonds. The van der Waals surface area contributed by atoms with Crippen molar-refractivity contribution in [2.45, 2.75) is 17.1 Å². The highest BCUT2D eigenvalue weighted by molar-refractivity contribution is 8.00. The van der Waals surface area contributed by atoms with E-state index in [1.54, 1.807) is 37.3 Å². The molecule has 0 aliphatic carbocycles. The lowest BCUT2D eigenvalue weighted by atomic mass is 10.3. The van der Waals surface area contributed by atoms with Crippen molar-refractivity contribution in [3.8, 4) is 0 Å². The molecule has 0 aliphatic rings. The first-order valence-electron chi connectivity index (χ1n) is 6.14. The van der Waals surface area contributed by atoms with Crippen LogP contribution < -0.4 is 5.32 Å². The summed E-state index contributed by atoms with van der Waals surface area (Å²) in [5.41, 5.74) is 0.564. The molecule has 0 aromatic heterocycles. The molecule has 0 unspecified atom stereocenters. The quantitative estimate of drug-likeness (QED) is 0.768. The number of anilines is 1. The molecule has 0 spiro atoms. The number of nitrogens with one attached hydrogen (secondary N) is 1. The zero-order valence-corrected chi connectivity index (χ0v) is 13.4. The lowest BCUT2D eigenvalue weighted by Gasteiger charge is -2.13. The van der Waals surface area contributed by atoms with Crippen LogP contribution in [0.2, 0.25) is 10.0 Å². The van der Waals surface area contributed by atoms with E-state index in [0.717, 1.165) is 4.90 Å². The summed E-state index contributed by atoms with van der Waals surface area (Å²) in [6.45, 7) is 1.76. The Morgan fingerprint density at radius 2 is 1.90 bits per heavy atom. The van der Waals surface area contributed by atoms with Crippen LogP contribution in [0.15, 0.2) is 47.4 Å². The van der Waals surface area contributed by atoms with Crippen molar-refractivity contribution in [2.24, 2.45) is 0 Å². The number of carbonyl (C=O) groups is 1. The van der Waals surface area contributed by atoms with Crippen molar-refractivity contribution < 1.29 is 9.18 Å². The molecule has 0 heterocycles. The fourth-order valence-corrected chi connectivity index (χ4v) is 2.94. The minimum Gasteiger partial charge on any atom is -0.324 e. The molecule has 0 bridgehead atoms. The third-order valence-corrected chi connectivity index (χ3v) is 4.42. The van der Waals surface area contributed by atoms with Crippen molar-refractivity contribution in [2.75, 3.05) is 5.32 Å². The molecule has 1 N–H and O–H groups in total. The average Bonchev–Trinajstić information content (AvgIpc) is 2.45. The molecule has 2 nitrogen and oxygen atoms in total. The third kappa shape index (κ3) is 4.37. The highest BCUT2D eigenvalue weighted by Gasteiger charge is 2.16. The largest absolute Gasteiger partial charge is 0.324 e. The van der Waals surface area contributed by atoms with Crippen molar-refractivity contribution >= 4 is 46.6 Å². The van der Waals surface area contributed by atoms with Crippen LogP contribution in [0, 0.1) is 5.82 Å². The maximum atomic E-state index is 13.1. The predicted octanol–water partition coefficient (Wildman–Crippen LogP) is 5.25. The van der Waals surface area contributed by atoms with Gasteiger partial charge in [-0.15, -0.1) is 11.8 Å². The topological polar surface area (TPSA) is 29.1 Å². The van der Waals surface area contributed by atoms with Crippen LogP contribution in [0.25, 0.3) is 0 Å². The van der Waals surface area contributed by atoms with Crippen LogP contribution in [0.1, 0.15) is 6.92 Å². The average molecular weight is 344 g/mol. The number of rotatable bonds is 4. The second-order valence-electron chi connectivity index (χ2n) is 4.31. The summed E-state index contributed by atoms with van der Waals surface area (Å²) >= 11 is 13.0. The zero-order valence-electron chi connectivity index (χ0n) is 11.1. The summed E-state index contributed by atoms with van der Waals surface area (Å²) in [5, 5.41) is 2.91. The zero-order chi connectivity index (χ0) is 15.4. The van der Waals surface area contributed by atoms with Crippen LogP contribution >= 0.6 is 35.0 Å². The van der Waals surface area contributed by atoms with Gasteiger partial charge in [0.2, 0.25) is 5.91 Å². The second kappa shape index (κ2) is 7.16. The molecule has 21 heavy (non-hydrogen) atoms. The second-order valence-corrected chi connectivity index (χ2v) is 6.53. The molecule has 2 rings (SSSR count). The fourth-order valence-electron chi connectivity index (χ4n) is 1.60. The van der Waals surface area contributed by atoms with Gasteiger partial charge in [0.25, 0.3) is 0 Å². The van der Waals surface area contributed by atoms with Gasteiger partial charge in [-0.1, -0.05) is 35.3 Å². The monoisotopic (exact) mass is 343 g/mol. The molecule has 2 aromatic carbocycles. The number of amides is 1. The summed E-state index contributed by atoms with van der Waals surface area (Å²) in [6.07, 6.45) is 0. The molecule has 0 radical (unpaired) electrons. The number of benzene rings is 2. The van der Waals surface area contributed by atoms with E-state index in [2.05, 4.69) is 5.32 Å². The van der Waals surface area contributed by atoms with Gasteiger partial charge in [0.05, 0.1) is 21.0 Å². The van der Waals surface area contributed by atoms with Gasteiger partial charge in [0, 0.05) is 4.90 Å². The van der Waals surface area contributed by atoms with Gasteiger partial charge in [-0.05, 0) is 37.3 Å². The standard InChI is InChI=1S/C15H12Cl2FNOS/c1-9(21-10-6-7-13(18)12(17)8-10)15(20)19-14-5-3-2-4-11(14)16/h2-9H,1H3,(H,19,20)/t9-/m0/s1. The van der Waals surface area contributed by atoms with Crippen LogP contribution in [0.3, 0.4) is 0 Å². The Bertz CT molecular complexity index is 666. The van der Waals surface area contributed by atoms with Gasteiger partial charge >= 0.3 is 0 Å². The Kier molecular flexibility index (Phi) is 5.51. The van der Waals surface area contributed by atoms with E-state index in [0.29, 0.717) is 10.7 Å². The molecule has 6 heteroatoms. The number of carbonyl (C=O) groups excluding carboxylic acids is 1. The Hall–Kier alpha value is -1.23. The summed E-state index contributed by atoms with van der Waals surface area (Å²) in [4.78, 5) is 12.8. The van der Waals surface area contributed by atoms with Crippen molar-refractivity contribution in [1.29, 1.82) is 0 Å². The molecule has 0 aliphatic heterocycles. The SMILES string of the molecule is C[C@H](Sc1ccc(F)c(Cl)c1)C(=O)Nc1ccccc1Cl. The van der Waals surface area contributed by atoms with Crippen molar-refractivity contribution in [1.82, 2.24) is 0 Å². The molecule has 0 saturated carbocycles. The van der Waals surface area contributed by atoms with E-state index in [9.17, 15) is 9.18 Å². The number of thioether (sulfide) groups is 1. The van der Waals surface area contributed by atoms with Crippen molar-refractivity contribution in [3.05, 3.63) is 58.3 Å². The van der Waals surface area contributed by atoms with Gasteiger partial charge in [-0.25, -0.2) is 4.39 Å². The number of hydrogen-bond acceptors (Lipinski definition) is 2. The Morgan fingerprint density at radius 1 is 1.19 bits per heavy atom. The van der Waals surface area contributed by atoms with Gasteiger partial charge in [-0.2, -0.15) is 0 Å². The summed E-state index contributed by atoms with van der Waals surface area (Å²) in [7, 11) is 0. The first-order chi connectivity index (χ1) is 9.97. The lowest BCUT2D eigenvalue weighted by molar-refractivity contribution is -0.115. The molecule has 0 fully saturated rings. The van der Waals surface area contributed by atoms with Gasteiger partial charge in [0.1, 0.15) is 5.82 Å². The summed E-state index contributed by atoms with van der Waals surface area (Å²) < 4.78 is 13.1. The molecule has 2 aromatic rings. The van der Waals surface area contributed by atoms with Crippen molar-refractivity contribution in [3.63, 3.8) is 0 Å². The predicted molar refractivity (Wildman–Crippen MR) is 86.8 cm³/mol. The molecule has 1 atom stereocenters. The van der Waals surface area contributed by atoms with E-state index in [1.165, 1.54) is 23.9 Å².